The molecule has 0 saturated heterocycles. The highest BCUT2D eigenvalue weighted by Gasteiger charge is 2.42. The summed E-state index contributed by atoms with van der Waals surface area (Å²) in [5.74, 6) is -1.29. The number of imide groups is 1. The van der Waals surface area contributed by atoms with E-state index < -0.39 is 11.4 Å². The number of ether oxygens (including phenoxy) is 1. The molecule has 1 aliphatic heterocycles. The van der Waals surface area contributed by atoms with Gasteiger partial charge in [-0.05, 0) is 39.0 Å². The Labute approximate surface area is 158 Å². The Morgan fingerprint density at radius 3 is 2.30 bits per heavy atom. The molecular formula is C19H25N3O5. The van der Waals surface area contributed by atoms with Crippen LogP contribution in [0.15, 0.2) is 18.2 Å². The van der Waals surface area contributed by atoms with Gasteiger partial charge in [0.15, 0.2) is 0 Å². The number of nitrogens with zero attached hydrogens (tertiary/aromatic N) is 1. The second-order valence-corrected chi connectivity index (χ2v) is 7.23. The third-order valence-electron chi connectivity index (χ3n) is 4.09. The van der Waals surface area contributed by atoms with Gasteiger partial charge >= 0.3 is 0 Å². The molecule has 0 atom stereocenters. The minimum Gasteiger partial charge on any atom is -0.384 e. The highest BCUT2D eigenvalue weighted by molar-refractivity contribution is 6.22. The van der Waals surface area contributed by atoms with Crippen LogP contribution in [0.4, 0.5) is 0 Å². The van der Waals surface area contributed by atoms with Gasteiger partial charge in [-0.3, -0.25) is 24.1 Å². The predicted molar refractivity (Wildman–Crippen MR) is 98.5 cm³/mol. The molecule has 2 N–H and O–H groups in total. The average Bonchev–Trinajstić information content (AvgIpc) is 2.87. The molecule has 146 valence electrons. The molecule has 0 aliphatic carbocycles. The molecule has 8 nitrogen and oxygen atoms in total. The number of hydrogen-bond acceptors (Lipinski definition) is 5. The van der Waals surface area contributed by atoms with Crippen molar-refractivity contribution in [3.05, 3.63) is 34.9 Å². The van der Waals surface area contributed by atoms with Crippen LogP contribution in [0, 0.1) is 0 Å². The molecule has 1 aliphatic rings. The van der Waals surface area contributed by atoms with Crippen LogP contribution in [0.25, 0.3) is 0 Å². The Bertz CT molecular complexity index is 767. The lowest BCUT2D eigenvalue weighted by atomic mass is 10.1. The van der Waals surface area contributed by atoms with Crippen molar-refractivity contribution < 1.29 is 23.9 Å². The molecule has 0 spiro atoms. The molecule has 0 saturated carbocycles. The Morgan fingerprint density at radius 1 is 1.04 bits per heavy atom. The lowest BCUT2D eigenvalue weighted by Gasteiger charge is -2.29. The molecule has 4 amide bonds. The van der Waals surface area contributed by atoms with Gasteiger partial charge < -0.3 is 15.4 Å². The Balaban J connectivity index is 1.97. The van der Waals surface area contributed by atoms with Crippen LogP contribution in [-0.4, -0.2) is 60.9 Å². The second kappa shape index (κ2) is 8.30. The van der Waals surface area contributed by atoms with Gasteiger partial charge in [0.05, 0.1) is 17.7 Å². The molecule has 0 bridgehead atoms. The molecule has 8 heteroatoms. The molecule has 1 heterocycles. The molecule has 2 rings (SSSR count). The van der Waals surface area contributed by atoms with Gasteiger partial charge in [0.1, 0.15) is 0 Å². The number of hydrogen-bond donors (Lipinski definition) is 2. The summed E-state index contributed by atoms with van der Waals surface area (Å²) in [6.45, 7) is 6.21. The van der Waals surface area contributed by atoms with E-state index in [0.717, 1.165) is 0 Å². The highest BCUT2D eigenvalue weighted by Crippen LogP contribution is 2.29. The predicted octanol–water partition coefficient (Wildman–Crippen LogP) is 0.964. The Hall–Kier alpha value is -2.74. The van der Waals surface area contributed by atoms with E-state index in [9.17, 15) is 19.2 Å². The zero-order valence-electron chi connectivity index (χ0n) is 16.0. The van der Waals surface area contributed by atoms with Gasteiger partial charge in [-0.2, -0.15) is 0 Å². The normalized spacial score (nSPS) is 13.6. The van der Waals surface area contributed by atoms with E-state index in [-0.39, 0.29) is 48.4 Å². The quantitative estimate of drug-likeness (QED) is 0.546. The number of carbonyl (C=O) groups excluding carboxylic acids is 4. The minimum atomic E-state index is -0.642. The monoisotopic (exact) mass is 375 g/mol. The number of rotatable bonds is 7. The summed E-state index contributed by atoms with van der Waals surface area (Å²) in [6, 6.07) is 4.46. The lowest BCUT2D eigenvalue weighted by Crippen LogP contribution is -2.45. The minimum absolute atomic E-state index is 0.157. The summed E-state index contributed by atoms with van der Waals surface area (Å²) in [6.07, 6.45) is 0.260. The topological polar surface area (TPSA) is 105 Å². The highest BCUT2D eigenvalue weighted by atomic mass is 16.5. The van der Waals surface area contributed by atoms with Gasteiger partial charge in [-0.15, -0.1) is 0 Å². The van der Waals surface area contributed by atoms with E-state index in [1.54, 1.807) is 20.8 Å². The van der Waals surface area contributed by atoms with Gasteiger partial charge in [-0.25, -0.2) is 0 Å². The third-order valence-corrected chi connectivity index (χ3v) is 4.09. The molecule has 0 aromatic heterocycles. The van der Waals surface area contributed by atoms with Crippen LogP contribution in [-0.2, 0) is 9.53 Å². The number of carbonyl (C=O) groups is 4. The van der Waals surface area contributed by atoms with Crippen LogP contribution >= 0.6 is 0 Å². The standard InChI is InChI=1S/C19H25N3O5/c1-19(2,3)22-17(25)13-6-5-12(11-14(13)18(22)26)16(24)21-9-8-20-15(23)7-10-27-4/h5-6,11H,7-10H2,1-4H3,(H,20,23)(H,21,24). The van der Waals surface area contributed by atoms with E-state index in [1.165, 1.54) is 30.2 Å². The first kappa shape index (κ1) is 20.6. The van der Waals surface area contributed by atoms with E-state index in [4.69, 9.17) is 4.74 Å². The fraction of sp³-hybridized carbons (Fsp3) is 0.474. The van der Waals surface area contributed by atoms with Crippen LogP contribution in [0.3, 0.4) is 0 Å². The van der Waals surface area contributed by atoms with Crippen molar-refractivity contribution in [2.24, 2.45) is 0 Å². The molecule has 27 heavy (non-hydrogen) atoms. The van der Waals surface area contributed by atoms with Gasteiger partial charge in [0.2, 0.25) is 5.91 Å². The number of amides is 4. The van der Waals surface area contributed by atoms with Crippen molar-refractivity contribution in [3.8, 4) is 0 Å². The van der Waals surface area contributed by atoms with E-state index in [2.05, 4.69) is 10.6 Å². The first-order chi connectivity index (χ1) is 12.7. The molecule has 1 aromatic rings. The first-order valence-electron chi connectivity index (χ1n) is 8.73. The summed E-state index contributed by atoms with van der Waals surface area (Å²) < 4.78 is 4.81. The second-order valence-electron chi connectivity index (χ2n) is 7.23. The lowest BCUT2D eigenvalue weighted by molar-refractivity contribution is -0.121. The van der Waals surface area contributed by atoms with Gasteiger partial charge in [0.25, 0.3) is 17.7 Å². The van der Waals surface area contributed by atoms with Crippen LogP contribution in [0.2, 0.25) is 0 Å². The zero-order chi connectivity index (χ0) is 20.2. The van der Waals surface area contributed by atoms with Crippen molar-refractivity contribution in [1.82, 2.24) is 15.5 Å². The summed E-state index contributed by atoms with van der Waals surface area (Å²) in [7, 11) is 1.52. The maximum Gasteiger partial charge on any atom is 0.262 e. The molecule has 0 fully saturated rings. The van der Waals surface area contributed by atoms with E-state index >= 15 is 0 Å². The average molecular weight is 375 g/mol. The van der Waals surface area contributed by atoms with E-state index in [1.807, 2.05) is 0 Å². The fourth-order valence-corrected chi connectivity index (χ4v) is 2.75. The number of fused-ring (bicyclic) bond motifs is 1. The van der Waals surface area contributed by atoms with Crippen molar-refractivity contribution in [1.29, 1.82) is 0 Å². The summed E-state index contributed by atoms with van der Waals surface area (Å²) >= 11 is 0. The van der Waals surface area contributed by atoms with Crippen LogP contribution in [0.5, 0.6) is 0 Å². The third kappa shape index (κ3) is 4.71. The largest absolute Gasteiger partial charge is 0.384 e. The molecule has 0 radical (unpaired) electrons. The van der Waals surface area contributed by atoms with Crippen LogP contribution < -0.4 is 10.6 Å². The Morgan fingerprint density at radius 2 is 1.67 bits per heavy atom. The van der Waals surface area contributed by atoms with Crippen molar-refractivity contribution in [2.45, 2.75) is 32.7 Å². The maximum atomic E-state index is 12.6. The molecular weight excluding hydrogens is 350 g/mol. The van der Waals surface area contributed by atoms with E-state index in [0.29, 0.717) is 12.2 Å². The van der Waals surface area contributed by atoms with Crippen molar-refractivity contribution >= 4 is 23.6 Å². The van der Waals surface area contributed by atoms with Gasteiger partial charge in [0, 0.05) is 37.7 Å². The number of nitrogens with one attached hydrogen (secondary N) is 2. The smallest absolute Gasteiger partial charge is 0.262 e. The number of benzene rings is 1. The summed E-state index contributed by atoms with van der Waals surface area (Å²) in [5, 5.41) is 5.34. The fourth-order valence-electron chi connectivity index (χ4n) is 2.75. The van der Waals surface area contributed by atoms with Crippen LogP contribution in [0.1, 0.15) is 58.3 Å². The molecule has 1 aromatic carbocycles. The summed E-state index contributed by atoms with van der Waals surface area (Å²) in [5.41, 5.74) is 0.181. The first-order valence-corrected chi connectivity index (χ1v) is 8.73. The Kier molecular flexibility index (Phi) is 6.32. The molecule has 0 unspecified atom stereocenters. The van der Waals surface area contributed by atoms with Crippen molar-refractivity contribution in [3.63, 3.8) is 0 Å². The van der Waals surface area contributed by atoms with Gasteiger partial charge in [-0.1, -0.05) is 0 Å². The maximum absolute atomic E-state index is 12.6. The zero-order valence-corrected chi connectivity index (χ0v) is 16.0. The number of methoxy groups -OCH3 is 1. The summed E-state index contributed by atoms with van der Waals surface area (Å²) in [4.78, 5) is 49.9. The van der Waals surface area contributed by atoms with Crippen molar-refractivity contribution in [2.75, 3.05) is 26.8 Å². The SMILES string of the molecule is COCCC(=O)NCCNC(=O)c1ccc2c(c1)C(=O)N(C(C)(C)C)C2=O.